The lowest BCUT2D eigenvalue weighted by Crippen LogP contribution is -2.16. The van der Waals surface area contributed by atoms with E-state index in [1.165, 1.54) is 5.01 Å². The van der Waals surface area contributed by atoms with Gasteiger partial charge in [-0.2, -0.15) is 10.1 Å². The summed E-state index contributed by atoms with van der Waals surface area (Å²) in [6.45, 7) is 2.78. The van der Waals surface area contributed by atoms with Crippen molar-refractivity contribution in [1.29, 1.82) is 0 Å². The van der Waals surface area contributed by atoms with Gasteiger partial charge in [-0.15, -0.1) is 0 Å². The maximum atomic E-state index is 10.6. The number of nitrogens with zero attached hydrogens (tertiary/aromatic N) is 2. The van der Waals surface area contributed by atoms with Crippen molar-refractivity contribution in [2.24, 2.45) is 5.10 Å². The number of carbonyl (C=O) groups is 1. The second-order valence-corrected chi connectivity index (χ2v) is 1.61. The van der Waals surface area contributed by atoms with Gasteiger partial charge in [0.2, 0.25) is 0 Å². The van der Waals surface area contributed by atoms with Gasteiger partial charge in [0.05, 0.1) is 6.54 Å². The van der Waals surface area contributed by atoms with E-state index in [2.05, 4.69) is 9.84 Å². The molecule has 0 unspecified atom stereocenters. The SMILES string of the molecule is CC=NN1CCOC1=O. The van der Waals surface area contributed by atoms with Crippen molar-refractivity contribution in [3.63, 3.8) is 0 Å². The van der Waals surface area contributed by atoms with Crippen molar-refractivity contribution in [3.8, 4) is 0 Å². The molecule has 4 nitrogen and oxygen atoms in total. The predicted octanol–water partition coefficient (Wildman–Crippen LogP) is 0.444. The molecule has 1 heterocycles. The lowest BCUT2D eigenvalue weighted by atomic mass is 10.7. The second kappa shape index (κ2) is 2.48. The van der Waals surface area contributed by atoms with Crippen molar-refractivity contribution in [3.05, 3.63) is 0 Å². The largest absolute Gasteiger partial charge is 0.446 e. The van der Waals surface area contributed by atoms with Gasteiger partial charge in [0, 0.05) is 6.21 Å². The van der Waals surface area contributed by atoms with E-state index in [1.54, 1.807) is 13.1 Å². The van der Waals surface area contributed by atoms with E-state index >= 15 is 0 Å². The lowest BCUT2D eigenvalue weighted by molar-refractivity contribution is 0.159. The molecule has 0 aromatic heterocycles. The van der Waals surface area contributed by atoms with Gasteiger partial charge in [-0.3, -0.25) is 0 Å². The summed E-state index contributed by atoms with van der Waals surface area (Å²) < 4.78 is 4.59. The molecule has 0 saturated carbocycles. The van der Waals surface area contributed by atoms with Crippen LogP contribution in [0.3, 0.4) is 0 Å². The highest BCUT2D eigenvalue weighted by Gasteiger charge is 2.19. The topological polar surface area (TPSA) is 41.9 Å². The number of ether oxygens (including phenoxy) is 1. The van der Waals surface area contributed by atoms with Gasteiger partial charge in [-0.1, -0.05) is 0 Å². The van der Waals surface area contributed by atoms with E-state index in [0.29, 0.717) is 13.2 Å². The van der Waals surface area contributed by atoms with Crippen LogP contribution in [0.25, 0.3) is 0 Å². The highest BCUT2D eigenvalue weighted by atomic mass is 16.6. The van der Waals surface area contributed by atoms with Crippen molar-refractivity contribution in [1.82, 2.24) is 5.01 Å². The quantitative estimate of drug-likeness (QED) is 0.481. The molecule has 1 aliphatic heterocycles. The minimum atomic E-state index is -0.354. The first-order valence-electron chi connectivity index (χ1n) is 2.77. The Morgan fingerprint density at radius 3 is 3.11 bits per heavy atom. The van der Waals surface area contributed by atoms with Crippen LogP contribution in [0.15, 0.2) is 5.10 Å². The van der Waals surface area contributed by atoms with Gasteiger partial charge in [0.1, 0.15) is 6.61 Å². The average Bonchev–Trinajstić information content (AvgIpc) is 2.18. The van der Waals surface area contributed by atoms with Crippen LogP contribution in [0.2, 0.25) is 0 Å². The standard InChI is InChI=1S/C5H8N2O2/c1-2-6-7-3-4-9-5(7)8/h2H,3-4H2,1H3. The first-order valence-corrected chi connectivity index (χ1v) is 2.77. The van der Waals surface area contributed by atoms with Gasteiger partial charge in [-0.25, -0.2) is 4.79 Å². The minimum absolute atomic E-state index is 0.354. The third kappa shape index (κ3) is 1.19. The summed E-state index contributed by atoms with van der Waals surface area (Å²) in [5.41, 5.74) is 0. The van der Waals surface area contributed by atoms with Crippen LogP contribution < -0.4 is 0 Å². The van der Waals surface area contributed by atoms with Gasteiger partial charge in [0.25, 0.3) is 0 Å². The molecule has 1 saturated heterocycles. The van der Waals surface area contributed by atoms with Crippen molar-refractivity contribution < 1.29 is 9.53 Å². The molecule has 0 bridgehead atoms. The Kier molecular flexibility index (Phi) is 1.67. The van der Waals surface area contributed by atoms with E-state index in [4.69, 9.17) is 0 Å². The summed E-state index contributed by atoms with van der Waals surface area (Å²) >= 11 is 0. The Balaban J connectivity index is 2.49. The first-order chi connectivity index (χ1) is 4.34. The summed E-state index contributed by atoms with van der Waals surface area (Å²) in [5, 5.41) is 5.03. The van der Waals surface area contributed by atoms with Crippen molar-refractivity contribution in [2.75, 3.05) is 13.2 Å². The normalized spacial score (nSPS) is 19.2. The van der Waals surface area contributed by atoms with E-state index < -0.39 is 0 Å². The number of amides is 1. The monoisotopic (exact) mass is 128 g/mol. The highest BCUT2D eigenvalue weighted by Crippen LogP contribution is 2.01. The van der Waals surface area contributed by atoms with Gasteiger partial charge in [0.15, 0.2) is 0 Å². The minimum Gasteiger partial charge on any atom is -0.446 e. The van der Waals surface area contributed by atoms with Crippen molar-refractivity contribution in [2.45, 2.75) is 6.92 Å². The maximum Gasteiger partial charge on any atom is 0.430 e. The van der Waals surface area contributed by atoms with Crippen LogP contribution >= 0.6 is 0 Å². The Morgan fingerprint density at radius 1 is 1.89 bits per heavy atom. The molecule has 0 N–H and O–H groups in total. The van der Waals surface area contributed by atoms with Crippen LogP contribution in [0.1, 0.15) is 6.92 Å². The molecule has 1 aliphatic rings. The molecule has 0 spiro atoms. The Hall–Kier alpha value is -1.06. The number of rotatable bonds is 1. The maximum absolute atomic E-state index is 10.6. The zero-order valence-corrected chi connectivity index (χ0v) is 5.20. The molecule has 1 fully saturated rings. The zero-order valence-electron chi connectivity index (χ0n) is 5.20. The van der Waals surface area contributed by atoms with Gasteiger partial charge in [-0.05, 0) is 6.92 Å². The fourth-order valence-corrected chi connectivity index (χ4v) is 0.629. The van der Waals surface area contributed by atoms with E-state index in [1.807, 2.05) is 0 Å². The number of hydrogen-bond acceptors (Lipinski definition) is 3. The average molecular weight is 128 g/mol. The first kappa shape index (κ1) is 6.07. The second-order valence-electron chi connectivity index (χ2n) is 1.61. The molecule has 50 valence electrons. The smallest absolute Gasteiger partial charge is 0.430 e. The number of cyclic esters (lactones) is 1. The van der Waals surface area contributed by atoms with Crippen LogP contribution in [-0.4, -0.2) is 30.5 Å². The molecule has 1 amide bonds. The zero-order chi connectivity index (χ0) is 6.69. The molecule has 4 heteroatoms. The van der Waals surface area contributed by atoms with Gasteiger partial charge < -0.3 is 4.74 Å². The van der Waals surface area contributed by atoms with Gasteiger partial charge >= 0.3 is 6.09 Å². The lowest BCUT2D eigenvalue weighted by Gasteiger charge is -2.01. The Labute approximate surface area is 53.1 Å². The summed E-state index contributed by atoms with van der Waals surface area (Å²) in [5.74, 6) is 0. The molecular formula is C5H8N2O2. The highest BCUT2D eigenvalue weighted by molar-refractivity contribution is 5.70. The fourth-order valence-electron chi connectivity index (χ4n) is 0.629. The third-order valence-electron chi connectivity index (χ3n) is 0.994. The molecule has 1 rings (SSSR count). The molecule has 0 aliphatic carbocycles. The molecule has 0 aromatic rings. The van der Waals surface area contributed by atoms with E-state index in [-0.39, 0.29) is 6.09 Å². The Bertz CT molecular complexity index is 144. The van der Waals surface area contributed by atoms with E-state index in [0.717, 1.165) is 0 Å². The van der Waals surface area contributed by atoms with Crippen LogP contribution in [-0.2, 0) is 4.74 Å². The predicted molar refractivity (Wildman–Crippen MR) is 32.2 cm³/mol. The van der Waals surface area contributed by atoms with Crippen LogP contribution in [0.4, 0.5) is 4.79 Å². The number of hydrazone groups is 1. The number of hydrogen-bond donors (Lipinski definition) is 0. The Morgan fingerprint density at radius 2 is 2.67 bits per heavy atom. The van der Waals surface area contributed by atoms with Crippen LogP contribution in [0, 0.1) is 0 Å². The fraction of sp³-hybridized carbons (Fsp3) is 0.600. The van der Waals surface area contributed by atoms with E-state index in [9.17, 15) is 4.79 Å². The van der Waals surface area contributed by atoms with Crippen LogP contribution in [0.5, 0.6) is 0 Å². The summed E-state index contributed by atoms with van der Waals surface area (Å²) in [7, 11) is 0. The molecule has 0 aromatic carbocycles. The molecular weight excluding hydrogens is 120 g/mol. The number of carbonyl (C=O) groups excluding carboxylic acids is 1. The summed E-state index contributed by atoms with van der Waals surface area (Å²) in [4.78, 5) is 10.6. The summed E-state index contributed by atoms with van der Waals surface area (Å²) in [6.07, 6.45) is 1.21. The third-order valence-corrected chi connectivity index (χ3v) is 0.994. The molecule has 9 heavy (non-hydrogen) atoms. The molecule has 0 atom stereocenters. The summed E-state index contributed by atoms with van der Waals surface area (Å²) in [6, 6.07) is 0. The molecule has 0 radical (unpaired) electrons. The van der Waals surface area contributed by atoms with Crippen molar-refractivity contribution >= 4 is 12.3 Å².